The molecule has 0 aliphatic heterocycles. The fraction of sp³-hybridized carbons (Fsp3) is 0.0455. The first-order valence-electron chi connectivity index (χ1n) is 8.63. The number of carbonyl (C=O) groups excluding carboxylic acids is 1. The molecule has 27 heavy (non-hydrogen) atoms. The zero-order valence-electron chi connectivity index (χ0n) is 14.8. The number of nitrogens with zero attached hydrogens (tertiary/aromatic N) is 2. The maximum Gasteiger partial charge on any atom is 0.288 e. The Hall–Kier alpha value is -3.73. The van der Waals surface area contributed by atoms with Crippen LogP contribution >= 0.6 is 0 Å². The number of rotatable bonds is 4. The van der Waals surface area contributed by atoms with Crippen LogP contribution in [-0.4, -0.2) is 22.1 Å². The van der Waals surface area contributed by atoms with Crippen molar-refractivity contribution in [2.24, 2.45) is 5.10 Å². The lowest BCUT2D eigenvalue weighted by Crippen LogP contribution is -2.18. The zero-order chi connectivity index (χ0) is 18.6. The predicted molar refractivity (Wildman–Crippen MR) is 108 cm³/mol. The standard InChI is InChI=1S/C22H18N4O/c1-15-7-8-19-18(13-15)20(17-5-3-2-4-6-17)21(25-19)22(27)26-24-14-16-9-11-23-12-10-16/h2-14,25H,1H3,(H,26,27)/b24-14+. The summed E-state index contributed by atoms with van der Waals surface area (Å²) in [5.74, 6) is -0.284. The highest BCUT2D eigenvalue weighted by Gasteiger charge is 2.19. The molecule has 0 saturated carbocycles. The van der Waals surface area contributed by atoms with Crippen LogP contribution in [-0.2, 0) is 0 Å². The summed E-state index contributed by atoms with van der Waals surface area (Å²) >= 11 is 0. The van der Waals surface area contributed by atoms with Gasteiger partial charge in [0, 0.05) is 28.9 Å². The molecule has 1 amide bonds. The van der Waals surface area contributed by atoms with Gasteiger partial charge in [-0.25, -0.2) is 5.43 Å². The van der Waals surface area contributed by atoms with Crippen molar-refractivity contribution in [3.63, 3.8) is 0 Å². The molecule has 0 aliphatic rings. The van der Waals surface area contributed by atoms with Gasteiger partial charge in [-0.05, 0) is 42.3 Å². The lowest BCUT2D eigenvalue weighted by Gasteiger charge is -2.04. The third-order valence-electron chi connectivity index (χ3n) is 4.33. The lowest BCUT2D eigenvalue weighted by atomic mass is 10.0. The van der Waals surface area contributed by atoms with Gasteiger partial charge in [0.1, 0.15) is 5.69 Å². The highest BCUT2D eigenvalue weighted by Crippen LogP contribution is 2.33. The lowest BCUT2D eigenvalue weighted by molar-refractivity contribution is 0.0951. The quantitative estimate of drug-likeness (QED) is 0.424. The average Bonchev–Trinajstić information content (AvgIpc) is 3.08. The molecule has 132 valence electrons. The fourth-order valence-electron chi connectivity index (χ4n) is 3.05. The van der Waals surface area contributed by atoms with E-state index >= 15 is 0 Å². The van der Waals surface area contributed by atoms with Gasteiger partial charge in [0.05, 0.1) is 6.21 Å². The predicted octanol–water partition coefficient (Wildman–Crippen LogP) is 4.30. The van der Waals surface area contributed by atoms with Gasteiger partial charge in [0.15, 0.2) is 0 Å². The van der Waals surface area contributed by atoms with Crippen molar-refractivity contribution in [1.29, 1.82) is 0 Å². The highest BCUT2D eigenvalue weighted by molar-refractivity contribution is 6.10. The smallest absolute Gasteiger partial charge is 0.288 e. The van der Waals surface area contributed by atoms with E-state index in [2.05, 4.69) is 26.6 Å². The van der Waals surface area contributed by atoms with Crippen molar-refractivity contribution < 1.29 is 4.79 Å². The number of pyridine rings is 1. The van der Waals surface area contributed by atoms with Crippen LogP contribution in [0.5, 0.6) is 0 Å². The van der Waals surface area contributed by atoms with Crippen LogP contribution in [0.4, 0.5) is 0 Å². The topological polar surface area (TPSA) is 70.1 Å². The molecule has 2 heterocycles. The molecule has 5 heteroatoms. The van der Waals surface area contributed by atoms with E-state index in [1.807, 2.05) is 61.5 Å². The van der Waals surface area contributed by atoms with Crippen molar-refractivity contribution in [3.8, 4) is 11.1 Å². The molecule has 4 rings (SSSR count). The largest absolute Gasteiger partial charge is 0.350 e. The maximum absolute atomic E-state index is 12.8. The summed E-state index contributed by atoms with van der Waals surface area (Å²) in [5, 5.41) is 5.09. The third-order valence-corrected chi connectivity index (χ3v) is 4.33. The monoisotopic (exact) mass is 354 g/mol. The van der Waals surface area contributed by atoms with Gasteiger partial charge >= 0.3 is 0 Å². The van der Waals surface area contributed by atoms with Crippen molar-refractivity contribution in [3.05, 3.63) is 89.9 Å². The summed E-state index contributed by atoms with van der Waals surface area (Å²) in [6.07, 6.45) is 4.95. The first kappa shape index (κ1) is 16.7. The number of aromatic amines is 1. The van der Waals surface area contributed by atoms with E-state index in [9.17, 15) is 4.79 Å². The Morgan fingerprint density at radius 1 is 1.07 bits per heavy atom. The van der Waals surface area contributed by atoms with Crippen LogP contribution in [0.3, 0.4) is 0 Å². The van der Waals surface area contributed by atoms with Crippen molar-refractivity contribution in [2.45, 2.75) is 6.92 Å². The molecular weight excluding hydrogens is 336 g/mol. The molecule has 2 aromatic carbocycles. The van der Waals surface area contributed by atoms with E-state index in [1.54, 1.807) is 18.6 Å². The number of hydrogen-bond donors (Lipinski definition) is 2. The second-order valence-electron chi connectivity index (χ2n) is 6.27. The Balaban J connectivity index is 1.72. The summed E-state index contributed by atoms with van der Waals surface area (Å²) in [4.78, 5) is 20.0. The van der Waals surface area contributed by atoms with Gasteiger partial charge in [0.25, 0.3) is 5.91 Å². The number of aryl methyl sites for hydroxylation is 1. The van der Waals surface area contributed by atoms with Gasteiger partial charge in [-0.15, -0.1) is 0 Å². The van der Waals surface area contributed by atoms with E-state index in [-0.39, 0.29) is 5.91 Å². The van der Waals surface area contributed by atoms with E-state index < -0.39 is 0 Å². The summed E-state index contributed by atoms with van der Waals surface area (Å²) in [7, 11) is 0. The minimum absolute atomic E-state index is 0.284. The van der Waals surface area contributed by atoms with Gasteiger partial charge in [0.2, 0.25) is 0 Å². The van der Waals surface area contributed by atoms with E-state index in [0.717, 1.165) is 33.2 Å². The molecule has 5 nitrogen and oxygen atoms in total. The van der Waals surface area contributed by atoms with Crippen molar-refractivity contribution >= 4 is 23.0 Å². The van der Waals surface area contributed by atoms with Gasteiger partial charge < -0.3 is 4.98 Å². The first-order chi connectivity index (χ1) is 13.2. The molecule has 2 aromatic heterocycles. The number of carbonyl (C=O) groups is 1. The Morgan fingerprint density at radius 2 is 1.85 bits per heavy atom. The first-order valence-corrected chi connectivity index (χ1v) is 8.63. The van der Waals surface area contributed by atoms with Crippen LogP contribution in [0.1, 0.15) is 21.6 Å². The SMILES string of the molecule is Cc1ccc2[nH]c(C(=O)N/N=C/c3ccncc3)c(-c3ccccc3)c2c1. The Kier molecular flexibility index (Phi) is 4.49. The highest BCUT2D eigenvalue weighted by atomic mass is 16.2. The van der Waals surface area contributed by atoms with Crippen LogP contribution in [0.15, 0.2) is 78.2 Å². The maximum atomic E-state index is 12.8. The van der Waals surface area contributed by atoms with E-state index in [1.165, 1.54) is 0 Å². The third kappa shape index (κ3) is 3.48. The van der Waals surface area contributed by atoms with Gasteiger partial charge in [-0.2, -0.15) is 5.10 Å². The summed E-state index contributed by atoms with van der Waals surface area (Å²) in [5.41, 5.74) is 7.89. The second-order valence-corrected chi connectivity index (χ2v) is 6.27. The number of amides is 1. The Bertz CT molecular complexity index is 1120. The molecule has 0 saturated heterocycles. The van der Waals surface area contributed by atoms with Crippen molar-refractivity contribution in [2.75, 3.05) is 0 Å². The van der Waals surface area contributed by atoms with Crippen molar-refractivity contribution in [1.82, 2.24) is 15.4 Å². The summed E-state index contributed by atoms with van der Waals surface area (Å²) < 4.78 is 0. The summed E-state index contributed by atoms with van der Waals surface area (Å²) in [6, 6.07) is 19.6. The minimum Gasteiger partial charge on any atom is -0.350 e. The molecule has 0 unspecified atom stereocenters. The number of benzene rings is 2. The molecular formula is C22H18N4O. The Labute approximate surface area is 156 Å². The number of aromatic nitrogens is 2. The second kappa shape index (κ2) is 7.25. The van der Waals surface area contributed by atoms with Gasteiger partial charge in [-0.3, -0.25) is 9.78 Å². The number of hydrazone groups is 1. The zero-order valence-corrected chi connectivity index (χ0v) is 14.8. The number of nitrogens with one attached hydrogen (secondary N) is 2. The minimum atomic E-state index is -0.284. The molecule has 0 bridgehead atoms. The van der Waals surface area contributed by atoms with Crippen LogP contribution in [0.25, 0.3) is 22.0 Å². The van der Waals surface area contributed by atoms with Gasteiger partial charge in [-0.1, -0.05) is 42.0 Å². The number of hydrogen-bond acceptors (Lipinski definition) is 3. The molecule has 4 aromatic rings. The van der Waals surface area contributed by atoms with Crippen LogP contribution in [0.2, 0.25) is 0 Å². The molecule has 2 N–H and O–H groups in total. The molecule has 0 fully saturated rings. The number of fused-ring (bicyclic) bond motifs is 1. The van der Waals surface area contributed by atoms with Crippen LogP contribution in [0, 0.1) is 6.92 Å². The molecule has 0 spiro atoms. The molecule has 0 atom stereocenters. The van der Waals surface area contributed by atoms with Crippen LogP contribution < -0.4 is 5.43 Å². The normalized spacial score (nSPS) is 11.1. The average molecular weight is 354 g/mol. The fourth-order valence-corrected chi connectivity index (χ4v) is 3.05. The van der Waals surface area contributed by atoms with E-state index in [0.29, 0.717) is 5.69 Å². The van der Waals surface area contributed by atoms with E-state index in [4.69, 9.17) is 0 Å². The molecule has 0 radical (unpaired) electrons. The Morgan fingerprint density at radius 3 is 2.63 bits per heavy atom. The summed E-state index contributed by atoms with van der Waals surface area (Å²) in [6.45, 7) is 2.04. The molecule has 0 aliphatic carbocycles. The number of H-pyrrole nitrogens is 1.